The summed E-state index contributed by atoms with van der Waals surface area (Å²) in [6.07, 6.45) is 3.64. The van der Waals surface area contributed by atoms with E-state index in [1.165, 1.54) is 0 Å². The minimum Gasteiger partial charge on any atom is -0.507 e. The molecule has 192 valence electrons. The number of aryl methyl sites for hydroxylation is 1. The van der Waals surface area contributed by atoms with Crippen LogP contribution in [0.2, 0.25) is 0 Å². The first-order valence-electron chi connectivity index (χ1n) is 13.1. The lowest BCUT2D eigenvalue weighted by atomic mass is 9.86. The van der Waals surface area contributed by atoms with Crippen molar-refractivity contribution in [1.29, 1.82) is 0 Å². The topological polar surface area (TPSA) is 63.8 Å². The third-order valence-corrected chi connectivity index (χ3v) is 7.17. The summed E-state index contributed by atoms with van der Waals surface area (Å²) in [5.41, 5.74) is 9.49. The van der Waals surface area contributed by atoms with Crippen LogP contribution >= 0.6 is 0 Å². The van der Waals surface area contributed by atoms with Gasteiger partial charge in [0.15, 0.2) is 5.65 Å². The van der Waals surface area contributed by atoms with Gasteiger partial charge in [0, 0.05) is 30.6 Å². The van der Waals surface area contributed by atoms with Gasteiger partial charge in [0.05, 0.1) is 11.3 Å². The summed E-state index contributed by atoms with van der Waals surface area (Å²) < 4.78 is 1.96. The zero-order valence-electron chi connectivity index (χ0n) is 22.6. The lowest BCUT2D eigenvalue weighted by Gasteiger charge is -2.20. The van der Waals surface area contributed by atoms with Crippen molar-refractivity contribution >= 4 is 11.2 Å². The molecule has 3 heterocycles. The molecule has 3 aromatic carbocycles. The van der Waals surface area contributed by atoms with Crippen LogP contribution in [0.3, 0.4) is 0 Å². The van der Waals surface area contributed by atoms with Crippen LogP contribution in [0.4, 0.5) is 0 Å². The van der Waals surface area contributed by atoms with E-state index in [0.29, 0.717) is 11.4 Å². The van der Waals surface area contributed by atoms with Crippen LogP contribution in [0.5, 0.6) is 5.75 Å². The van der Waals surface area contributed by atoms with E-state index in [1.807, 2.05) is 66.5 Å². The average Bonchev–Trinajstić information content (AvgIpc) is 3.29. The molecule has 0 spiro atoms. The molecule has 6 aromatic rings. The SMILES string of the molecule is Cn1c(-c2cc(C(C)(C)C)ccc2O)nc2c(-c3cc(-c4ccccc4)cc(-c4ccccn4)c3)ccnc21. The van der Waals surface area contributed by atoms with Gasteiger partial charge in [-0.05, 0) is 76.2 Å². The zero-order valence-corrected chi connectivity index (χ0v) is 22.6. The highest BCUT2D eigenvalue weighted by Gasteiger charge is 2.21. The summed E-state index contributed by atoms with van der Waals surface area (Å²) in [6.45, 7) is 6.49. The van der Waals surface area contributed by atoms with E-state index in [2.05, 4.69) is 73.2 Å². The highest BCUT2D eigenvalue weighted by Crippen LogP contribution is 2.38. The molecule has 1 N–H and O–H groups in total. The Morgan fingerprint density at radius 1 is 0.667 bits per heavy atom. The third kappa shape index (κ3) is 4.57. The number of pyridine rings is 2. The van der Waals surface area contributed by atoms with Crippen LogP contribution in [-0.2, 0) is 12.5 Å². The Balaban J connectivity index is 1.57. The van der Waals surface area contributed by atoms with Crippen LogP contribution in [0.25, 0.3) is 56.1 Å². The predicted octanol–water partition coefficient (Wildman–Crippen LogP) is 8.03. The lowest BCUT2D eigenvalue weighted by molar-refractivity contribution is 0.475. The second-order valence-electron chi connectivity index (χ2n) is 10.9. The van der Waals surface area contributed by atoms with Gasteiger partial charge in [-0.25, -0.2) is 9.97 Å². The number of benzene rings is 3. The Labute approximate surface area is 228 Å². The molecule has 0 aliphatic heterocycles. The van der Waals surface area contributed by atoms with Crippen molar-refractivity contribution < 1.29 is 5.11 Å². The average molecular weight is 511 g/mol. The number of imidazole rings is 1. The Morgan fingerprint density at radius 3 is 2.15 bits per heavy atom. The summed E-state index contributed by atoms with van der Waals surface area (Å²) in [6, 6.07) is 30.6. The smallest absolute Gasteiger partial charge is 0.160 e. The van der Waals surface area contributed by atoms with Gasteiger partial charge in [0.1, 0.15) is 17.1 Å². The van der Waals surface area contributed by atoms with Gasteiger partial charge in [0.25, 0.3) is 0 Å². The standard InChI is InChI=1S/C34H30N4O/c1-34(2,3)26-13-14-30(39)28(21-26)32-37-31-27(15-17-36-33(31)38(32)4)24-18-23(22-10-6-5-7-11-22)19-25(20-24)29-12-8-9-16-35-29/h5-21,39H,1-4H3. The molecule has 0 bridgehead atoms. The summed E-state index contributed by atoms with van der Waals surface area (Å²) >= 11 is 0. The number of hydrogen-bond donors (Lipinski definition) is 1. The molecular formula is C34H30N4O. The number of phenols is 1. The summed E-state index contributed by atoms with van der Waals surface area (Å²) in [7, 11) is 1.95. The van der Waals surface area contributed by atoms with Crippen LogP contribution in [-0.4, -0.2) is 24.6 Å². The van der Waals surface area contributed by atoms with E-state index in [-0.39, 0.29) is 11.2 Å². The van der Waals surface area contributed by atoms with Crippen molar-refractivity contribution in [3.05, 3.63) is 109 Å². The number of phenolic OH excluding ortho intramolecular Hbond substituents is 1. The molecule has 3 aromatic heterocycles. The summed E-state index contributed by atoms with van der Waals surface area (Å²) in [4.78, 5) is 14.4. The van der Waals surface area contributed by atoms with E-state index in [4.69, 9.17) is 4.98 Å². The lowest BCUT2D eigenvalue weighted by Crippen LogP contribution is -2.11. The van der Waals surface area contributed by atoms with Gasteiger partial charge in [-0.3, -0.25) is 4.98 Å². The monoisotopic (exact) mass is 510 g/mol. The summed E-state index contributed by atoms with van der Waals surface area (Å²) in [5.74, 6) is 0.879. The highest BCUT2D eigenvalue weighted by molar-refractivity contribution is 5.94. The molecule has 39 heavy (non-hydrogen) atoms. The second-order valence-corrected chi connectivity index (χ2v) is 10.9. The fourth-order valence-corrected chi connectivity index (χ4v) is 5.00. The highest BCUT2D eigenvalue weighted by atomic mass is 16.3. The van der Waals surface area contributed by atoms with E-state index in [1.54, 1.807) is 6.07 Å². The van der Waals surface area contributed by atoms with Gasteiger partial charge < -0.3 is 9.67 Å². The fourth-order valence-electron chi connectivity index (χ4n) is 5.00. The maximum atomic E-state index is 10.8. The minimum atomic E-state index is -0.0593. The Kier molecular flexibility index (Phi) is 5.99. The normalized spacial score (nSPS) is 11.7. The molecule has 0 unspecified atom stereocenters. The third-order valence-electron chi connectivity index (χ3n) is 7.17. The van der Waals surface area contributed by atoms with Crippen LogP contribution in [0.1, 0.15) is 26.3 Å². The van der Waals surface area contributed by atoms with Crippen LogP contribution in [0, 0.1) is 0 Å². The van der Waals surface area contributed by atoms with Crippen molar-refractivity contribution in [1.82, 2.24) is 19.5 Å². The molecule has 0 aliphatic rings. The molecule has 0 radical (unpaired) electrons. The van der Waals surface area contributed by atoms with E-state index in [0.717, 1.165) is 50.2 Å². The Bertz CT molecular complexity index is 1740. The maximum Gasteiger partial charge on any atom is 0.160 e. The number of rotatable bonds is 4. The number of aromatic hydroxyl groups is 1. The van der Waals surface area contributed by atoms with Gasteiger partial charge >= 0.3 is 0 Å². The molecular weight excluding hydrogens is 480 g/mol. The maximum absolute atomic E-state index is 10.8. The van der Waals surface area contributed by atoms with Crippen LogP contribution < -0.4 is 0 Å². The molecule has 0 fully saturated rings. The predicted molar refractivity (Wildman–Crippen MR) is 158 cm³/mol. The molecule has 6 rings (SSSR count). The molecule has 0 amide bonds. The first-order valence-corrected chi connectivity index (χ1v) is 13.1. The van der Waals surface area contributed by atoms with Crippen molar-refractivity contribution in [2.75, 3.05) is 0 Å². The number of fused-ring (bicyclic) bond motifs is 1. The van der Waals surface area contributed by atoms with Crippen molar-refractivity contribution in [2.45, 2.75) is 26.2 Å². The van der Waals surface area contributed by atoms with E-state index >= 15 is 0 Å². The van der Waals surface area contributed by atoms with Crippen molar-refractivity contribution in [3.63, 3.8) is 0 Å². The number of aromatic nitrogens is 4. The molecule has 0 atom stereocenters. The first-order chi connectivity index (χ1) is 18.8. The second kappa shape index (κ2) is 9.52. The quantitative estimate of drug-likeness (QED) is 0.261. The van der Waals surface area contributed by atoms with Gasteiger partial charge in [0.2, 0.25) is 0 Å². The van der Waals surface area contributed by atoms with Gasteiger partial charge in [-0.15, -0.1) is 0 Å². The number of nitrogens with zero attached hydrogens (tertiary/aromatic N) is 4. The fraction of sp³-hybridized carbons (Fsp3) is 0.147. The summed E-state index contributed by atoms with van der Waals surface area (Å²) in [5, 5.41) is 10.8. The molecule has 5 nitrogen and oxygen atoms in total. The van der Waals surface area contributed by atoms with Gasteiger partial charge in [-0.1, -0.05) is 63.2 Å². The van der Waals surface area contributed by atoms with Crippen LogP contribution in [0.15, 0.2) is 103 Å². The largest absolute Gasteiger partial charge is 0.507 e. The zero-order chi connectivity index (χ0) is 27.1. The van der Waals surface area contributed by atoms with Crippen molar-refractivity contribution in [3.8, 4) is 50.6 Å². The van der Waals surface area contributed by atoms with Gasteiger partial charge in [-0.2, -0.15) is 0 Å². The molecule has 5 heteroatoms. The Morgan fingerprint density at radius 2 is 1.41 bits per heavy atom. The number of hydrogen-bond acceptors (Lipinski definition) is 4. The van der Waals surface area contributed by atoms with E-state index < -0.39 is 0 Å². The van der Waals surface area contributed by atoms with E-state index in [9.17, 15) is 5.11 Å². The van der Waals surface area contributed by atoms with Crippen molar-refractivity contribution in [2.24, 2.45) is 7.05 Å². The first kappa shape index (κ1) is 24.6. The molecule has 0 saturated carbocycles. The Hall–Kier alpha value is -4.77. The molecule has 0 saturated heterocycles. The molecule has 0 aliphatic carbocycles. The minimum absolute atomic E-state index is 0.0593.